The second-order valence-electron chi connectivity index (χ2n) is 4.36. The molecule has 0 atom stereocenters. The van der Waals surface area contributed by atoms with Gasteiger partial charge in [0.1, 0.15) is 0 Å². The summed E-state index contributed by atoms with van der Waals surface area (Å²) in [4.78, 5) is 11.7. The molecule has 1 aliphatic heterocycles. The second-order valence-corrected chi connectivity index (χ2v) is 4.36. The smallest absolute Gasteiger partial charge is 0.248 e. The first kappa shape index (κ1) is 10.9. The summed E-state index contributed by atoms with van der Waals surface area (Å²) < 4.78 is 0. The van der Waals surface area contributed by atoms with E-state index in [9.17, 15) is 4.79 Å². The minimum atomic E-state index is 0.104. The van der Waals surface area contributed by atoms with Gasteiger partial charge in [-0.05, 0) is 11.5 Å². The zero-order valence-electron chi connectivity index (χ0n) is 9.68. The lowest BCUT2D eigenvalue weighted by Gasteiger charge is -2.11. The van der Waals surface area contributed by atoms with Gasteiger partial charge in [-0.1, -0.05) is 44.2 Å². The third-order valence-corrected chi connectivity index (χ3v) is 2.71. The van der Waals surface area contributed by atoms with Crippen LogP contribution in [0.15, 0.2) is 35.4 Å². The van der Waals surface area contributed by atoms with Gasteiger partial charge in [0.25, 0.3) is 0 Å². The van der Waals surface area contributed by atoms with Crippen LogP contribution in [0.25, 0.3) is 0 Å². The van der Waals surface area contributed by atoms with Crippen LogP contribution in [-0.4, -0.2) is 16.6 Å². The molecule has 1 aromatic carbocycles. The Labute approximate surface area is 95.8 Å². The van der Waals surface area contributed by atoms with Crippen molar-refractivity contribution >= 4 is 11.6 Å². The third kappa shape index (κ3) is 2.30. The van der Waals surface area contributed by atoms with Gasteiger partial charge in [0.15, 0.2) is 0 Å². The molecule has 0 unspecified atom stereocenters. The minimum absolute atomic E-state index is 0.104. The number of benzene rings is 1. The first-order chi connectivity index (χ1) is 7.66. The van der Waals surface area contributed by atoms with Crippen LogP contribution in [0.3, 0.4) is 0 Å². The van der Waals surface area contributed by atoms with E-state index in [4.69, 9.17) is 0 Å². The molecule has 84 valence electrons. The summed E-state index contributed by atoms with van der Waals surface area (Å²) in [6, 6.07) is 9.94. The first-order valence-electron chi connectivity index (χ1n) is 5.58. The summed E-state index contributed by atoms with van der Waals surface area (Å²) >= 11 is 0. The van der Waals surface area contributed by atoms with Crippen molar-refractivity contribution in [1.82, 2.24) is 5.01 Å². The highest BCUT2D eigenvalue weighted by atomic mass is 16.2. The number of nitrogens with zero attached hydrogens (tertiary/aromatic N) is 2. The van der Waals surface area contributed by atoms with Crippen LogP contribution in [0, 0.1) is 5.92 Å². The normalized spacial score (nSPS) is 15.8. The molecular weight excluding hydrogens is 200 g/mol. The lowest BCUT2D eigenvalue weighted by molar-refractivity contribution is -0.129. The minimum Gasteiger partial charge on any atom is -0.273 e. The lowest BCUT2D eigenvalue weighted by Crippen LogP contribution is -2.19. The predicted octanol–water partition coefficient (Wildman–Crippen LogP) is 2.43. The van der Waals surface area contributed by atoms with Crippen molar-refractivity contribution in [2.75, 3.05) is 0 Å². The number of carbonyl (C=O) groups is 1. The number of rotatable bonds is 3. The SMILES string of the molecule is CC(C)C1=NN(Cc2ccccc2)C(=O)C1. The molecule has 0 aromatic heterocycles. The first-order valence-corrected chi connectivity index (χ1v) is 5.58. The van der Waals surface area contributed by atoms with E-state index in [0.717, 1.165) is 11.3 Å². The van der Waals surface area contributed by atoms with Crippen LogP contribution in [0.2, 0.25) is 0 Å². The largest absolute Gasteiger partial charge is 0.273 e. The highest BCUT2D eigenvalue weighted by molar-refractivity contribution is 6.05. The van der Waals surface area contributed by atoms with Crippen LogP contribution in [0.5, 0.6) is 0 Å². The number of hydrogen-bond donors (Lipinski definition) is 0. The van der Waals surface area contributed by atoms with Gasteiger partial charge < -0.3 is 0 Å². The van der Waals surface area contributed by atoms with Crippen molar-refractivity contribution in [2.45, 2.75) is 26.8 Å². The summed E-state index contributed by atoms with van der Waals surface area (Å²) in [5, 5.41) is 5.94. The molecule has 0 radical (unpaired) electrons. The van der Waals surface area contributed by atoms with Gasteiger partial charge in [0.05, 0.1) is 18.7 Å². The molecule has 1 aromatic rings. The van der Waals surface area contributed by atoms with E-state index in [1.54, 1.807) is 5.01 Å². The number of amides is 1. The fraction of sp³-hybridized carbons (Fsp3) is 0.385. The topological polar surface area (TPSA) is 32.7 Å². The van der Waals surface area contributed by atoms with Gasteiger partial charge in [0, 0.05) is 0 Å². The highest BCUT2D eigenvalue weighted by Gasteiger charge is 2.25. The zero-order chi connectivity index (χ0) is 11.5. The summed E-state index contributed by atoms with van der Waals surface area (Å²) in [5.41, 5.74) is 2.10. The molecule has 0 N–H and O–H groups in total. The van der Waals surface area contributed by atoms with E-state index in [0.29, 0.717) is 18.9 Å². The Kier molecular flexibility index (Phi) is 3.04. The second kappa shape index (κ2) is 4.47. The van der Waals surface area contributed by atoms with Crippen LogP contribution in [0.1, 0.15) is 25.8 Å². The fourth-order valence-corrected chi connectivity index (χ4v) is 1.69. The van der Waals surface area contributed by atoms with Gasteiger partial charge >= 0.3 is 0 Å². The fourth-order valence-electron chi connectivity index (χ4n) is 1.69. The molecule has 1 amide bonds. The van der Waals surface area contributed by atoms with Gasteiger partial charge in [-0.25, -0.2) is 5.01 Å². The molecule has 0 aliphatic carbocycles. The maximum Gasteiger partial charge on any atom is 0.248 e. The molecule has 0 saturated heterocycles. The Morgan fingerprint density at radius 2 is 2.00 bits per heavy atom. The van der Waals surface area contributed by atoms with E-state index in [1.807, 2.05) is 30.3 Å². The molecule has 0 bridgehead atoms. The van der Waals surface area contributed by atoms with Gasteiger partial charge in [-0.3, -0.25) is 4.79 Å². The molecule has 2 rings (SSSR count). The highest BCUT2D eigenvalue weighted by Crippen LogP contribution is 2.16. The summed E-state index contributed by atoms with van der Waals surface area (Å²) in [5.74, 6) is 0.456. The van der Waals surface area contributed by atoms with Crippen LogP contribution < -0.4 is 0 Å². The molecule has 1 heterocycles. The summed E-state index contributed by atoms with van der Waals surface area (Å²) in [6.07, 6.45) is 0.477. The third-order valence-electron chi connectivity index (χ3n) is 2.71. The summed E-state index contributed by atoms with van der Waals surface area (Å²) in [6.45, 7) is 4.71. The standard InChI is InChI=1S/C13H16N2O/c1-10(2)12-8-13(16)15(14-12)9-11-6-4-3-5-7-11/h3-7,10H,8-9H2,1-2H3. The molecule has 0 spiro atoms. The molecule has 0 saturated carbocycles. The zero-order valence-corrected chi connectivity index (χ0v) is 9.68. The van der Waals surface area contributed by atoms with Crippen LogP contribution in [-0.2, 0) is 11.3 Å². The van der Waals surface area contributed by atoms with Crippen molar-refractivity contribution in [3.05, 3.63) is 35.9 Å². The van der Waals surface area contributed by atoms with E-state index in [-0.39, 0.29) is 5.91 Å². The van der Waals surface area contributed by atoms with Crippen LogP contribution in [0.4, 0.5) is 0 Å². The van der Waals surface area contributed by atoms with Crippen molar-refractivity contribution < 1.29 is 4.79 Å². The van der Waals surface area contributed by atoms with Crippen LogP contribution >= 0.6 is 0 Å². The molecule has 3 nitrogen and oxygen atoms in total. The molecule has 1 aliphatic rings. The molecule has 3 heteroatoms. The van der Waals surface area contributed by atoms with E-state index in [1.165, 1.54) is 0 Å². The summed E-state index contributed by atoms with van der Waals surface area (Å²) in [7, 11) is 0. The van der Waals surface area contributed by atoms with E-state index in [2.05, 4.69) is 18.9 Å². The van der Waals surface area contributed by atoms with Crippen molar-refractivity contribution in [3.8, 4) is 0 Å². The quantitative estimate of drug-likeness (QED) is 0.763. The van der Waals surface area contributed by atoms with Crippen molar-refractivity contribution in [2.24, 2.45) is 11.0 Å². The van der Waals surface area contributed by atoms with Gasteiger partial charge in [-0.2, -0.15) is 5.10 Å². The number of hydrogen-bond acceptors (Lipinski definition) is 2. The Balaban J connectivity index is 2.09. The van der Waals surface area contributed by atoms with E-state index >= 15 is 0 Å². The Morgan fingerprint density at radius 3 is 2.56 bits per heavy atom. The molecule has 16 heavy (non-hydrogen) atoms. The molecular formula is C13H16N2O. The predicted molar refractivity (Wildman–Crippen MR) is 63.9 cm³/mol. The van der Waals surface area contributed by atoms with Crippen molar-refractivity contribution in [3.63, 3.8) is 0 Å². The monoisotopic (exact) mass is 216 g/mol. The Hall–Kier alpha value is -1.64. The number of carbonyl (C=O) groups excluding carboxylic acids is 1. The lowest BCUT2D eigenvalue weighted by atomic mass is 10.1. The van der Waals surface area contributed by atoms with Gasteiger partial charge in [0.2, 0.25) is 5.91 Å². The Bertz CT molecular complexity index is 409. The maximum absolute atomic E-state index is 11.7. The average Bonchev–Trinajstić information content (AvgIpc) is 2.62. The van der Waals surface area contributed by atoms with Gasteiger partial charge in [-0.15, -0.1) is 0 Å². The maximum atomic E-state index is 11.7. The molecule has 0 fully saturated rings. The average molecular weight is 216 g/mol. The number of hydrazone groups is 1. The van der Waals surface area contributed by atoms with E-state index < -0.39 is 0 Å². The van der Waals surface area contributed by atoms with Crippen molar-refractivity contribution in [1.29, 1.82) is 0 Å². The Morgan fingerprint density at radius 1 is 1.31 bits per heavy atom.